The molecule has 5 heteroatoms. The maximum atomic E-state index is 5.74. The maximum Gasteiger partial charge on any atom is 0.223 e. The van der Waals surface area contributed by atoms with Crippen LogP contribution in [0.2, 0.25) is 0 Å². The molecule has 1 aromatic heterocycles. The van der Waals surface area contributed by atoms with Gasteiger partial charge in [0.05, 0.1) is 12.8 Å². The Hall–Kier alpha value is -2.14. The number of nitrogen functional groups attached to an aromatic ring is 1. The van der Waals surface area contributed by atoms with Crippen LogP contribution in [0.5, 0.6) is 5.88 Å². The molecule has 0 bridgehead atoms. The number of nitrogens with two attached hydrogens (primary N) is 1. The summed E-state index contributed by atoms with van der Waals surface area (Å²) in [5.74, 6) is 0.897. The van der Waals surface area contributed by atoms with Crippen molar-refractivity contribution in [2.24, 2.45) is 0 Å². The number of ether oxygens (including phenoxy) is 1. The molecule has 1 aliphatic heterocycles. The molecule has 20 heavy (non-hydrogen) atoms. The molecule has 5 nitrogen and oxygen atoms in total. The van der Waals surface area contributed by atoms with Gasteiger partial charge in [0.15, 0.2) is 0 Å². The van der Waals surface area contributed by atoms with Crippen LogP contribution in [0, 0.1) is 0 Å². The van der Waals surface area contributed by atoms with Gasteiger partial charge in [-0.1, -0.05) is 30.3 Å². The summed E-state index contributed by atoms with van der Waals surface area (Å²) in [6.07, 6.45) is 0.894. The topological polar surface area (TPSA) is 64.3 Å². The van der Waals surface area contributed by atoms with Crippen molar-refractivity contribution in [1.82, 2.24) is 14.9 Å². The Balaban J connectivity index is 1.80. The minimum absolute atomic E-state index is 0.280. The third-order valence-corrected chi connectivity index (χ3v) is 3.57. The zero-order valence-electron chi connectivity index (χ0n) is 11.5. The Kier molecular flexibility index (Phi) is 3.52. The summed E-state index contributed by atoms with van der Waals surface area (Å²) in [5, 5.41) is 0. The van der Waals surface area contributed by atoms with Crippen LogP contribution < -0.4 is 10.5 Å². The van der Waals surface area contributed by atoms with E-state index in [1.807, 2.05) is 6.07 Å². The third-order valence-electron chi connectivity index (χ3n) is 3.57. The second-order valence-electron chi connectivity index (χ2n) is 4.96. The summed E-state index contributed by atoms with van der Waals surface area (Å²) in [6.45, 7) is 2.69. The first kappa shape index (κ1) is 12.9. The minimum Gasteiger partial charge on any atom is -0.481 e. The molecule has 0 atom stereocenters. The fourth-order valence-corrected chi connectivity index (χ4v) is 2.61. The molecule has 2 aromatic rings. The molecule has 0 spiro atoms. The van der Waals surface area contributed by atoms with Gasteiger partial charge < -0.3 is 10.5 Å². The Bertz CT molecular complexity index is 600. The summed E-state index contributed by atoms with van der Waals surface area (Å²) in [7, 11) is 1.62. The number of benzene rings is 1. The van der Waals surface area contributed by atoms with E-state index in [9.17, 15) is 0 Å². The van der Waals surface area contributed by atoms with Crippen molar-refractivity contribution in [1.29, 1.82) is 0 Å². The average molecular weight is 270 g/mol. The number of hydrogen-bond donors (Lipinski definition) is 1. The first-order valence-corrected chi connectivity index (χ1v) is 6.72. The van der Waals surface area contributed by atoms with Crippen molar-refractivity contribution >= 4 is 5.95 Å². The Morgan fingerprint density at radius 3 is 2.80 bits per heavy atom. The van der Waals surface area contributed by atoms with Crippen molar-refractivity contribution < 1.29 is 4.74 Å². The Morgan fingerprint density at radius 2 is 2.05 bits per heavy atom. The van der Waals surface area contributed by atoms with E-state index in [1.165, 1.54) is 5.56 Å². The summed E-state index contributed by atoms with van der Waals surface area (Å²) < 4.78 is 5.30. The molecule has 0 aliphatic carbocycles. The van der Waals surface area contributed by atoms with Gasteiger partial charge in [0.25, 0.3) is 0 Å². The number of methoxy groups -OCH3 is 1. The summed E-state index contributed by atoms with van der Waals surface area (Å²) in [6, 6.07) is 10.5. The molecular formula is C15H18N4O. The molecule has 2 heterocycles. The van der Waals surface area contributed by atoms with Crippen molar-refractivity contribution in [3.8, 4) is 5.88 Å². The number of aromatic nitrogens is 2. The molecule has 0 saturated carbocycles. The van der Waals surface area contributed by atoms with Crippen molar-refractivity contribution in [2.45, 2.75) is 19.5 Å². The zero-order chi connectivity index (χ0) is 13.9. The van der Waals surface area contributed by atoms with E-state index < -0.39 is 0 Å². The lowest BCUT2D eigenvalue weighted by molar-refractivity contribution is 0.237. The zero-order valence-corrected chi connectivity index (χ0v) is 11.5. The van der Waals surface area contributed by atoms with E-state index in [0.29, 0.717) is 5.88 Å². The van der Waals surface area contributed by atoms with Gasteiger partial charge in [0.2, 0.25) is 11.8 Å². The van der Waals surface area contributed by atoms with E-state index in [1.54, 1.807) is 7.11 Å². The van der Waals surface area contributed by atoms with Gasteiger partial charge in [-0.3, -0.25) is 4.90 Å². The second-order valence-corrected chi connectivity index (χ2v) is 4.96. The highest BCUT2D eigenvalue weighted by Crippen LogP contribution is 2.26. The van der Waals surface area contributed by atoms with Gasteiger partial charge in [0.1, 0.15) is 0 Å². The lowest BCUT2D eigenvalue weighted by Crippen LogP contribution is -2.31. The molecule has 0 unspecified atom stereocenters. The molecule has 1 aromatic carbocycles. The van der Waals surface area contributed by atoms with Crippen LogP contribution in [-0.2, 0) is 19.5 Å². The van der Waals surface area contributed by atoms with Gasteiger partial charge in [-0.15, -0.1) is 0 Å². The first-order chi connectivity index (χ1) is 9.76. The highest BCUT2D eigenvalue weighted by molar-refractivity contribution is 5.37. The largest absolute Gasteiger partial charge is 0.481 e. The van der Waals surface area contributed by atoms with Crippen molar-refractivity contribution in [3.05, 3.63) is 47.2 Å². The standard InChI is InChI=1S/C15H18N4O/c1-20-14-12-7-8-19(9-11-5-3-2-4-6-11)10-13(12)17-15(16)18-14/h2-6H,7-10H2,1H3,(H2,16,17,18). The van der Waals surface area contributed by atoms with Crippen LogP contribution in [0.1, 0.15) is 16.8 Å². The Morgan fingerprint density at radius 1 is 1.25 bits per heavy atom. The van der Waals surface area contributed by atoms with E-state index in [2.05, 4.69) is 39.1 Å². The highest BCUT2D eigenvalue weighted by atomic mass is 16.5. The minimum atomic E-state index is 0.280. The molecule has 104 valence electrons. The van der Waals surface area contributed by atoms with Crippen LogP contribution in [0.25, 0.3) is 0 Å². The van der Waals surface area contributed by atoms with Gasteiger partial charge in [-0.25, -0.2) is 4.98 Å². The monoisotopic (exact) mass is 270 g/mol. The number of hydrogen-bond acceptors (Lipinski definition) is 5. The van der Waals surface area contributed by atoms with E-state index in [4.69, 9.17) is 10.5 Å². The maximum absolute atomic E-state index is 5.74. The fraction of sp³-hybridized carbons (Fsp3) is 0.333. The first-order valence-electron chi connectivity index (χ1n) is 6.72. The van der Waals surface area contributed by atoms with Crippen LogP contribution in [0.4, 0.5) is 5.95 Å². The Labute approximate surface area is 118 Å². The third kappa shape index (κ3) is 2.58. The predicted molar refractivity (Wildman–Crippen MR) is 77.3 cm³/mol. The number of fused-ring (bicyclic) bond motifs is 1. The number of anilines is 1. The van der Waals surface area contributed by atoms with Crippen LogP contribution in [0.3, 0.4) is 0 Å². The van der Waals surface area contributed by atoms with Gasteiger partial charge in [-0.2, -0.15) is 4.98 Å². The molecule has 2 N–H and O–H groups in total. The molecule has 1 aliphatic rings. The second kappa shape index (κ2) is 5.46. The number of rotatable bonds is 3. The quantitative estimate of drug-likeness (QED) is 0.918. The lowest BCUT2D eigenvalue weighted by Gasteiger charge is -2.28. The van der Waals surface area contributed by atoms with E-state index >= 15 is 0 Å². The molecular weight excluding hydrogens is 252 g/mol. The van der Waals surface area contributed by atoms with Gasteiger partial charge in [0, 0.05) is 25.2 Å². The molecule has 3 rings (SSSR count). The molecule has 0 amide bonds. The highest BCUT2D eigenvalue weighted by Gasteiger charge is 2.22. The summed E-state index contributed by atoms with van der Waals surface area (Å²) in [5.41, 5.74) is 9.12. The van der Waals surface area contributed by atoms with E-state index in [0.717, 1.165) is 37.3 Å². The van der Waals surface area contributed by atoms with Gasteiger partial charge in [-0.05, 0) is 12.0 Å². The SMILES string of the molecule is COc1nc(N)nc2c1CCN(Cc1ccccc1)C2. The van der Waals surface area contributed by atoms with Crippen LogP contribution in [0.15, 0.2) is 30.3 Å². The van der Waals surface area contributed by atoms with Crippen LogP contribution in [-0.4, -0.2) is 28.5 Å². The lowest BCUT2D eigenvalue weighted by atomic mass is 10.1. The number of nitrogens with zero attached hydrogens (tertiary/aromatic N) is 3. The van der Waals surface area contributed by atoms with E-state index in [-0.39, 0.29) is 5.95 Å². The predicted octanol–water partition coefficient (Wildman–Crippen LogP) is 1.63. The normalized spacial score (nSPS) is 14.8. The fourth-order valence-electron chi connectivity index (χ4n) is 2.61. The van der Waals surface area contributed by atoms with Crippen molar-refractivity contribution in [3.63, 3.8) is 0 Å². The summed E-state index contributed by atoms with van der Waals surface area (Å²) in [4.78, 5) is 10.9. The van der Waals surface area contributed by atoms with Gasteiger partial charge >= 0.3 is 0 Å². The molecule has 0 fully saturated rings. The summed E-state index contributed by atoms with van der Waals surface area (Å²) >= 11 is 0. The molecule has 0 radical (unpaired) electrons. The smallest absolute Gasteiger partial charge is 0.223 e. The van der Waals surface area contributed by atoms with Crippen LogP contribution >= 0.6 is 0 Å². The molecule has 0 saturated heterocycles. The van der Waals surface area contributed by atoms with Crippen molar-refractivity contribution in [2.75, 3.05) is 19.4 Å². The average Bonchev–Trinajstić information content (AvgIpc) is 2.47.